The first-order valence-electron chi connectivity index (χ1n) is 4.45. The van der Waals surface area contributed by atoms with Gasteiger partial charge in [0, 0.05) is 0 Å². The molecule has 0 spiro atoms. The van der Waals surface area contributed by atoms with Gasteiger partial charge in [0.1, 0.15) is 6.42 Å². The van der Waals surface area contributed by atoms with E-state index >= 15 is 0 Å². The van der Waals surface area contributed by atoms with Crippen molar-refractivity contribution in [2.75, 3.05) is 6.61 Å². The fraction of sp³-hybridized carbons (Fsp3) is 0.778. The number of carbonyl (C=O) groups is 2. The molecular formula is C9H18O4. The Kier molecular flexibility index (Phi) is 12.2. The van der Waals surface area contributed by atoms with Gasteiger partial charge in [-0.3, -0.25) is 9.59 Å². The molecule has 0 saturated heterocycles. The summed E-state index contributed by atoms with van der Waals surface area (Å²) in [4.78, 5) is 20.0. The molecule has 13 heavy (non-hydrogen) atoms. The van der Waals surface area contributed by atoms with Crippen molar-refractivity contribution in [1.29, 1.82) is 0 Å². The van der Waals surface area contributed by atoms with E-state index in [9.17, 15) is 9.59 Å². The highest BCUT2D eigenvalue weighted by molar-refractivity contribution is 5.90. The Morgan fingerprint density at radius 1 is 1.15 bits per heavy atom. The summed E-state index contributed by atoms with van der Waals surface area (Å²) in [5, 5.41) is 8.01. The number of carboxylic acids is 1. The lowest BCUT2D eigenvalue weighted by atomic mass is 10.4. The van der Waals surface area contributed by atoms with E-state index in [0.717, 1.165) is 0 Å². The van der Waals surface area contributed by atoms with Crippen LogP contribution in [0.25, 0.3) is 0 Å². The minimum absolute atomic E-state index is 0.228. The standard InChI is InChI=1S/C5H8O4.C4H10/c1-2-9-5(8)3-4(6)7;1-3-4-2/h2-3H2,1H3,(H,6,7);3-4H2,1-2H3. The summed E-state index contributed by atoms with van der Waals surface area (Å²) in [6.07, 6.45) is 2.09. The van der Waals surface area contributed by atoms with Crippen LogP contribution in [0.3, 0.4) is 0 Å². The molecule has 0 atom stereocenters. The van der Waals surface area contributed by atoms with Gasteiger partial charge in [0.25, 0.3) is 0 Å². The maximum atomic E-state index is 10.3. The summed E-state index contributed by atoms with van der Waals surface area (Å²) in [7, 11) is 0. The number of rotatable bonds is 4. The molecule has 0 unspecified atom stereocenters. The quantitative estimate of drug-likeness (QED) is 0.542. The molecule has 0 aromatic rings. The van der Waals surface area contributed by atoms with E-state index < -0.39 is 18.4 Å². The van der Waals surface area contributed by atoms with Crippen molar-refractivity contribution in [3.05, 3.63) is 0 Å². The molecule has 0 aromatic heterocycles. The Morgan fingerprint density at radius 2 is 1.62 bits per heavy atom. The van der Waals surface area contributed by atoms with Crippen LogP contribution in [0.1, 0.15) is 40.0 Å². The van der Waals surface area contributed by atoms with Crippen molar-refractivity contribution in [2.24, 2.45) is 0 Å². The summed E-state index contributed by atoms with van der Waals surface area (Å²) in [5.74, 6) is -1.85. The maximum Gasteiger partial charge on any atom is 0.317 e. The number of hydrogen-bond donors (Lipinski definition) is 1. The molecule has 0 heterocycles. The van der Waals surface area contributed by atoms with Crippen LogP contribution in [0.4, 0.5) is 0 Å². The Labute approximate surface area is 78.9 Å². The lowest BCUT2D eigenvalue weighted by Gasteiger charge is -1.95. The van der Waals surface area contributed by atoms with Crippen LogP contribution in [0.5, 0.6) is 0 Å². The van der Waals surface area contributed by atoms with Crippen molar-refractivity contribution in [2.45, 2.75) is 40.0 Å². The van der Waals surface area contributed by atoms with E-state index in [1.54, 1.807) is 6.92 Å². The van der Waals surface area contributed by atoms with Gasteiger partial charge in [0.2, 0.25) is 0 Å². The normalized spacial score (nSPS) is 8.23. The third-order valence-corrected chi connectivity index (χ3v) is 1.10. The molecule has 0 aliphatic carbocycles. The number of esters is 1. The molecule has 0 radical (unpaired) electrons. The first-order valence-corrected chi connectivity index (χ1v) is 4.45. The third kappa shape index (κ3) is 18.2. The van der Waals surface area contributed by atoms with Crippen molar-refractivity contribution >= 4 is 11.9 Å². The van der Waals surface area contributed by atoms with Crippen molar-refractivity contribution in [1.82, 2.24) is 0 Å². The first kappa shape index (κ1) is 14.5. The van der Waals surface area contributed by atoms with Crippen molar-refractivity contribution in [3.8, 4) is 0 Å². The van der Waals surface area contributed by atoms with Gasteiger partial charge in [-0.15, -0.1) is 0 Å². The number of ether oxygens (including phenoxy) is 1. The summed E-state index contributed by atoms with van der Waals surface area (Å²) in [5.41, 5.74) is 0. The van der Waals surface area contributed by atoms with Gasteiger partial charge in [0.05, 0.1) is 6.61 Å². The molecule has 0 saturated carbocycles. The maximum absolute atomic E-state index is 10.3. The van der Waals surface area contributed by atoms with E-state index in [1.807, 2.05) is 0 Å². The predicted octanol–water partition coefficient (Wildman–Crippen LogP) is 1.83. The van der Waals surface area contributed by atoms with Crippen LogP contribution in [-0.4, -0.2) is 23.7 Å². The molecule has 0 bridgehead atoms. The molecule has 0 aromatic carbocycles. The molecule has 78 valence electrons. The minimum Gasteiger partial charge on any atom is -0.481 e. The molecule has 1 N–H and O–H groups in total. The van der Waals surface area contributed by atoms with E-state index in [2.05, 4.69) is 18.6 Å². The minimum atomic E-state index is -1.16. The second kappa shape index (κ2) is 10.9. The van der Waals surface area contributed by atoms with Crippen molar-refractivity contribution in [3.63, 3.8) is 0 Å². The molecular weight excluding hydrogens is 172 g/mol. The fourth-order valence-electron chi connectivity index (χ4n) is 0.335. The highest BCUT2D eigenvalue weighted by Gasteiger charge is 2.06. The monoisotopic (exact) mass is 190 g/mol. The fourth-order valence-corrected chi connectivity index (χ4v) is 0.335. The lowest BCUT2D eigenvalue weighted by Crippen LogP contribution is -2.09. The first-order chi connectivity index (χ1) is 6.08. The van der Waals surface area contributed by atoms with Gasteiger partial charge in [0.15, 0.2) is 0 Å². The number of carboxylic acid groups (broad SMARTS) is 1. The number of carbonyl (C=O) groups excluding carboxylic acids is 1. The van der Waals surface area contributed by atoms with E-state index in [4.69, 9.17) is 5.11 Å². The zero-order valence-corrected chi connectivity index (χ0v) is 8.50. The second-order valence-corrected chi connectivity index (χ2v) is 2.38. The second-order valence-electron chi connectivity index (χ2n) is 2.38. The van der Waals surface area contributed by atoms with Crippen LogP contribution in [0.2, 0.25) is 0 Å². The smallest absolute Gasteiger partial charge is 0.317 e. The van der Waals surface area contributed by atoms with Gasteiger partial charge in [-0.2, -0.15) is 0 Å². The molecule has 4 heteroatoms. The number of aliphatic carboxylic acids is 1. The van der Waals surface area contributed by atoms with Gasteiger partial charge < -0.3 is 9.84 Å². The molecule has 0 aliphatic heterocycles. The van der Waals surface area contributed by atoms with Gasteiger partial charge >= 0.3 is 11.9 Å². The van der Waals surface area contributed by atoms with Crippen LogP contribution in [-0.2, 0) is 14.3 Å². The molecule has 0 fully saturated rings. The van der Waals surface area contributed by atoms with Crippen molar-refractivity contribution < 1.29 is 19.4 Å². The molecule has 0 amide bonds. The lowest BCUT2D eigenvalue weighted by molar-refractivity contribution is -0.150. The van der Waals surface area contributed by atoms with Gasteiger partial charge in [-0.25, -0.2) is 0 Å². The Bertz CT molecular complexity index is 141. The van der Waals surface area contributed by atoms with E-state index in [0.29, 0.717) is 0 Å². The highest BCUT2D eigenvalue weighted by Crippen LogP contribution is 1.84. The molecule has 0 rings (SSSR count). The average molecular weight is 190 g/mol. The Hall–Kier alpha value is -1.06. The predicted molar refractivity (Wildman–Crippen MR) is 49.5 cm³/mol. The summed E-state index contributed by atoms with van der Waals surface area (Å²) in [6, 6.07) is 0. The van der Waals surface area contributed by atoms with E-state index in [1.165, 1.54) is 12.8 Å². The largest absolute Gasteiger partial charge is 0.481 e. The van der Waals surface area contributed by atoms with E-state index in [-0.39, 0.29) is 6.61 Å². The summed E-state index contributed by atoms with van der Waals surface area (Å²) < 4.78 is 4.33. The number of unbranched alkanes of at least 4 members (excludes halogenated alkanes) is 1. The van der Waals surface area contributed by atoms with Gasteiger partial charge in [-0.05, 0) is 6.92 Å². The van der Waals surface area contributed by atoms with Crippen LogP contribution in [0.15, 0.2) is 0 Å². The van der Waals surface area contributed by atoms with Crippen LogP contribution >= 0.6 is 0 Å². The highest BCUT2D eigenvalue weighted by atomic mass is 16.5. The average Bonchev–Trinajstić information content (AvgIpc) is 2.04. The third-order valence-electron chi connectivity index (χ3n) is 1.10. The SMILES string of the molecule is CCCC.CCOC(=O)CC(=O)O. The van der Waals surface area contributed by atoms with Crippen LogP contribution < -0.4 is 0 Å². The van der Waals surface area contributed by atoms with Gasteiger partial charge in [-0.1, -0.05) is 26.7 Å². The molecule has 4 nitrogen and oxygen atoms in total. The topological polar surface area (TPSA) is 63.6 Å². The molecule has 0 aliphatic rings. The summed E-state index contributed by atoms with van der Waals surface area (Å²) in [6.45, 7) is 6.21. The zero-order valence-electron chi connectivity index (χ0n) is 8.50. The zero-order chi connectivity index (χ0) is 10.7. The van der Waals surface area contributed by atoms with Crippen LogP contribution in [0, 0.1) is 0 Å². The Morgan fingerprint density at radius 3 is 1.85 bits per heavy atom. The Balaban J connectivity index is 0. The summed E-state index contributed by atoms with van der Waals surface area (Å²) >= 11 is 0. The number of hydrogen-bond acceptors (Lipinski definition) is 3.